The largest absolute Gasteiger partial charge is 0.435 e. The second kappa shape index (κ2) is 4.63. The molecule has 0 amide bonds. The average Bonchev–Trinajstić information content (AvgIpc) is 2.69. The van der Waals surface area contributed by atoms with E-state index in [0.29, 0.717) is 5.75 Å². The van der Waals surface area contributed by atoms with Crippen LogP contribution >= 0.6 is 0 Å². The van der Waals surface area contributed by atoms with Crippen LogP contribution in [0, 0.1) is 0 Å². The number of halogens is 2. The summed E-state index contributed by atoms with van der Waals surface area (Å²) in [5, 5.41) is 0. The Morgan fingerprint density at radius 2 is 2.00 bits per heavy atom. The molecular formula is C14H18F2O. The Balaban J connectivity index is 2.48. The standard InChI is InChI=1S/C14H18F2O/c1-3-14(4-2)9-8-10-6-5-7-11(12(10)14)17-13(15)16/h5-7,13H,3-4,8-9H2,1-2H3. The van der Waals surface area contributed by atoms with Crippen molar-refractivity contribution in [2.24, 2.45) is 0 Å². The van der Waals surface area contributed by atoms with Crippen LogP contribution in [0.5, 0.6) is 5.75 Å². The summed E-state index contributed by atoms with van der Waals surface area (Å²) < 4.78 is 29.5. The molecule has 0 N–H and O–H groups in total. The molecule has 2 rings (SSSR count). The molecule has 0 saturated carbocycles. The van der Waals surface area contributed by atoms with Gasteiger partial charge in [0.15, 0.2) is 0 Å². The summed E-state index contributed by atoms with van der Waals surface area (Å²) in [5.41, 5.74) is 2.22. The third-order valence-electron chi connectivity index (χ3n) is 4.09. The summed E-state index contributed by atoms with van der Waals surface area (Å²) in [6.07, 6.45) is 3.95. The van der Waals surface area contributed by atoms with Gasteiger partial charge in [-0.25, -0.2) is 0 Å². The van der Waals surface area contributed by atoms with Crippen molar-refractivity contribution < 1.29 is 13.5 Å². The molecule has 3 heteroatoms. The van der Waals surface area contributed by atoms with Crippen LogP contribution in [0.2, 0.25) is 0 Å². The number of benzene rings is 1. The first kappa shape index (κ1) is 12.3. The molecule has 1 aromatic rings. The summed E-state index contributed by atoms with van der Waals surface area (Å²) in [5.74, 6) is 0.374. The fraction of sp³-hybridized carbons (Fsp3) is 0.571. The lowest BCUT2D eigenvalue weighted by atomic mass is 9.77. The van der Waals surface area contributed by atoms with Crippen molar-refractivity contribution in [1.29, 1.82) is 0 Å². The molecule has 0 unspecified atom stereocenters. The molecule has 0 radical (unpaired) electrons. The van der Waals surface area contributed by atoms with Gasteiger partial charge >= 0.3 is 6.61 Å². The molecule has 94 valence electrons. The monoisotopic (exact) mass is 240 g/mol. The number of ether oxygens (including phenoxy) is 1. The molecule has 0 atom stereocenters. The lowest BCUT2D eigenvalue weighted by Gasteiger charge is -2.29. The molecule has 0 fully saturated rings. The first-order valence-electron chi connectivity index (χ1n) is 6.20. The molecule has 1 aliphatic rings. The SMILES string of the molecule is CCC1(CC)CCc2cccc(OC(F)F)c21. The van der Waals surface area contributed by atoms with Gasteiger partial charge in [0, 0.05) is 5.56 Å². The van der Waals surface area contributed by atoms with E-state index in [0.717, 1.165) is 31.2 Å². The molecule has 0 aliphatic heterocycles. The lowest BCUT2D eigenvalue weighted by Crippen LogP contribution is -2.22. The van der Waals surface area contributed by atoms with E-state index in [-0.39, 0.29) is 5.41 Å². The van der Waals surface area contributed by atoms with Crippen LogP contribution in [0.4, 0.5) is 8.78 Å². The molecule has 0 saturated heterocycles. The normalized spacial score (nSPS) is 17.2. The minimum atomic E-state index is -2.74. The predicted octanol–water partition coefficient (Wildman–Crippen LogP) is 4.29. The van der Waals surface area contributed by atoms with Crippen LogP contribution in [0.1, 0.15) is 44.2 Å². The zero-order valence-electron chi connectivity index (χ0n) is 10.3. The fourth-order valence-electron chi connectivity index (χ4n) is 3.04. The molecular weight excluding hydrogens is 222 g/mol. The lowest BCUT2D eigenvalue weighted by molar-refractivity contribution is -0.0510. The van der Waals surface area contributed by atoms with E-state index in [4.69, 9.17) is 0 Å². The Labute approximate surface area is 101 Å². The first-order chi connectivity index (χ1) is 8.13. The van der Waals surface area contributed by atoms with Crippen LogP contribution in [-0.2, 0) is 11.8 Å². The Kier molecular flexibility index (Phi) is 3.36. The second-order valence-electron chi connectivity index (χ2n) is 4.66. The summed E-state index contributed by atoms with van der Waals surface area (Å²) in [4.78, 5) is 0. The molecule has 1 aliphatic carbocycles. The van der Waals surface area contributed by atoms with Crippen molar-refractivity contribution >= 4 is 0 Å². The van der Waals surface area contributed by atoms with Crippen molar-refractivity contribution in [3.8, 4) is 5.75 Å². The number of alkyl halides is 2. The first-order valence-corrected chi connectivity index (χ1v) is 6.20. The van der Waals surface area contributed by atoms with Crippen LogP contribution in [0.3, 0.4) is 0 Å². The van der Waals surface area contributed by atoms with Crippen LogP contribution in [-0.4, -0.2) is 6.61 Å². The van der Waals surface area contributed by atoms with Gasteiger partial charge in [0.1, 0.15) is 5.75 Å². The quantitative estimate of drug-likeness (QED) is 0.762. The van der Waals surface area contributed by atoms with Gasteiger partial charge in [0.25, 0.3) is 0 Å². The maximum Gasteiger partial charge on any atom is 0.387 e. The van der Waals surface area contributed by atoms with Gasteiger partial charge in [0.2, 0.25) is 0 Å². The van der Waals surface area contributed by atoms with Crippen LogP contribution in [0.15, 0.2) is 18.2 Å². The van der Waals surface area contributed by atoms with Gasteiger partial charge in [-0.15, -0.1) is 0 Å². The van der Waals surface area contributed by atoms with E-state index in [1.807, 2.05) is 6.07 Å². The highest BCUT2D eigenvalue weighted by Gasteiger charge is 2.38. The fourth-order valence-corrected chi connectivity index (χ4v) is 3.04. The minimum absolute atomic E-state index is 0.0286. The smallest absolute Gasteiger partial charge is 0.387 e. The Bertz CT molecular complexity index is 397. The highest BCUT2D eigenvalue weighted by molar-refractivity contribution is 5.49. The summed E-state index contributed by atoms with van der Waals surface area (Å²) in [7, 11) is 0. The van der Waals surface area contributed by atoms with Crippen LogP contribution in [0.25, 0.3) is 0 Å². The van der Waals surface area contributed by atoms with Crippen molar-refractivity contribution in [3.05, 3.63) is 29.3 Å². The van der Waals surface area contributed by atoms with E-state index in [1.165, 1.54) is 5.56 Å². The van der Waals surface area contributed by atoms with Gasteiger partial charge in [-0.1, -0.05) is 26.0 Å². The Morgan fingerprint density at radius 3 is 2.59 bits per heavy atom. The highest BCUT2D eigenvalue weighted by atomic mass is 19.3. The molecule has 17 heavy (non-hydrogen) atoms. The topological polar surface area (TPSA) is 9.23 Å². The maximum absolute atomic E-state index is 12.4. The third kappa shape index (κ3) is 2.03. The molecule has 1 aromatic carbocycles. The van der Waals surface area contributed by atoms with Gasteiger partial charge in [-0.05, 0) is 42.7 Å². The third-order valence-corrected chi connectivity index (χ3v) is 4.09. The zero-order chi connectivity index (χ0) is 12.5. The zero-order valence-corrected chi connectivity index (χ0v) is 10.3. The van der Waals surface area contributed by atoms with E-state index in [9.17, 15) is 8.78 Å². The number of fused-ring (bicyclic) bond motifs is 1. The minimum Gasteiger partial charge on any atom is -0.435 e. The highest BCUT2D eigenvalue weighted by Crippen LogP contribution is 2.48. The van der Waals surface area contributed by atoms with Crippen molar-refractivity contribution in [3.63, 3.8) is 0 Å². The van der Waals surface area contributed by atoms with Crippen molar-refractivity contribution in [1.82, 2.24) is 0 Å². The van der Waals surface area contributed by atoms with Gasteiger partial charge < -0.3 is 4.74 Å². The van der Waals surface area contributed by atoms with E-state index in [1.54, 1.807) is 12.1 Å². The molecule has 0 aromatic heterocycles. The maximum atomic E-state index is 12.4. The summed E-state index contributed by atoms with van der Waals surface area (Å²) in [6, 6.07) is 5.50. The summed E-state index contributed by atoms with van der Waals surface area (Å²) >= 11 is 0. The summed E-state index contributed by atoms with van der Waals surface area (Å²) in [6.45, 7) is 1.50. The van der Waals surface area contributed by atoms with Gasteiger partial charge in [-0.2, -0.15) is 8.78 Å². The predicted molar refractivity (Wildman–Crippen MR) is 63.7 cm³/mol. The number of hydrogen-bond acceptors (Lipinski definition) is 1. The molecule has 0 bridgehead atoms. The molecule has 1 nitrogen and oxygen atoms in total. The average molecular weight is 240 g/mol. The molecule has 0 spiro atoms. The van der Waals surface area contributed by atoms with Crippen LogP contribution < -0.4 is 4.74 Å². The van der Waals surface area contributed by atoms with Crippen molar-refractivity contribution in [2.75, 3.05) is 0 Å². The van der Waals surface area contributed by atoms with E-state index >= 15 is 0 Å². The van der Waals surface area contributed by atoms with E-state index in [2.05, 4.69) is 18.6 Å². The number of hydrogen-bond donors (Lipinski definition) is 0. The van der Waals surface area contributed by atoms with Gasteiger partial charge in [-0.3, -0.25) is 0 Å². The Hall–Kier alpha value is -1.12. The molecule has 0 heterocycles. The van der Waals surface area contributed by atoms with Crippen molar-refractivity contribution in [2.45, 2.75) is 51.6 Å². The second-order valence-corrected chi connectivity index (χ2v) is 4.66. The van der Waals surface area contributed by atoms with Gasteiger partial charge in [0.05, 0.1) is 0 Å². The number of rotatable bonds is 4. The number of aryl methyl sites for hydroxylation is 1. The van der Waals surface area contributed by atoms with E-state index < -0.39 is 6.61 Å². The Morgan fingerprint density at radius 1 is 1.29 bits per heavy atom.